The first kappa shape index (κ1) is 33.5. The Kier molecular flexibility index (Phi) is 10.2. The van der Waals surface area contributed by atoms with Crippen LogP contribution in [0.25, 0.3) is 10.8 Å². The highest BCUT2D eigenvalue weighted by Crippen LogP contribution is 2.34. The van der Waals surface area contributed by atoms with Crippen LogP contribution in [0.5, 0.6) is 0 Å². The van der Waals surface area contributed by atoms with E-state index in [0.29, 0.717) is 27.8 Å². The molecule has 0 aliphatic rings. The number of hydrogen-bond acceptors (Lipinski definition) is 12. The van der Waals surface area contributed by atoms with Crippen LogP contribution in [0.15, 0.2) is 78.5 Å². The Morgan fingerprint density at radius 3 is 2.30 bits per heavy atom. The Hall–Kier alpha value is -3.35. The Balaban J connectivity index is 1.58. The summed E-state index contributed by atoms with van der Waals surface area (Å²) in [6, 6.07) is 10.9. The zero-order chi connectivity index (χ0) is 32.3. The average molecular weight is 679 g/mol. The van der Waals surface area contributed by atoms with Gasteiger partial charge in [-0.1, -0.05) is 37.7 Å². The van der Waals surface area contributed by atoms with Gasteiger partial charge < -0.3 is 5.32 Å². The van der Waals surface area contributed by atoms with E-state index < -0.39 is 35.7 Å². The third-order valence-corrected chi connectivity index (χ3v) is 10.4. The number of fused-ring (bicyclic) bond motifs is 1. The number of nitrogens with zero attached hydrogens (tertiary/aromatic N) is 4. The smallest absolute Gasteiger partial charge is 0.326 e. The van der Waals surface area contributed by atoms with Gasteiger partial charge in [-0.25, -0.2) is 4.79 Å². The number of aryl methyl sites for hydroxylation is 1. The minimum Gasteiger partial charge on any atom is -0.326 e. The number of benzene rings is 3. The van der Waals surface area contributed by atoms with Gasteiger partial charge in [0.1, 0.15) is 9.79 Å². The fourth-order valence-corrected chi connectivity index (χ4v) is 6.99. The lowest BCUT2D eigenvalue weighted by Gasteiger charge is -2.24. The monoisotopic (exact) mass is 678 g/mol. The maximum atomic E-state index is 12.2. The first-order chi connectivity index (χ1) is 20.6. The Morgan fingerprint density at radius 2 is 1.66 bits per heavy atom. The van der Waals surface area contributed by atoms with E-state index in [2.05, 4.69) is 44.3 Å². The predicted molar refractivity (Wildman–Crippen MR) is 173 cm³/mol. The molecular weight excluding hydrogens is 649 g/mol. The molecule has 0 aliphatic heterocycles. The molecule has 4 rings (SSSR count). The van der Waals surface area contributed by atoms with Crippen LogP contribution in [0, 0.1) is 6.92 Å². The van der Waals surface area contributed by atoms with Crippen LogP contribution in [0.3, 0.4) is 0 Å². The molecule has 0 spiro atoms. The number of H-pyrrole nitrogens is 1. The van der Waals surface area contributed by atoms with Crippen LogP contribution >= 0.6 is 24.4 Å². The lowest BCUT2D eigenvalue weighted by molar-refractivity contribution is 0.481. The number of aromatic nitrogens is 3. The summed E-state index contributed by atoms with van der Waals surface area (Å²) in [5.74, 6) is 0.903. The fourth-order valence-electron chi connectivity index (χ4n) is 4.32. The molecule has 13 nitrogen and oxygen atoms in total. The fraction of sp³-hybridized carbons (Fsp3) is 0.296. The standard InChI is InChI=1S/C27H30N6O7S4/c1-4-27(41,5-2)11-12-42-26-30-24(29-25(34)31-26)28-17-9-10-21(16(3)13-17)33-32-18-14-20-19(23(15-18)44(38,39)40)7-6-8-22(20)43(35,36)37/h6-10,13-15,41H,4-5,11-12H2,1-3H3,(H,35,36,37)(H,38,39,40)(H2,28,29,30,31,34). The van der Waals surface area contributed by atoms with Gasteiger partial charge in [0.15, 0.2) is 5.16 Å². The summed E-state index contributed by atoms with van der Waals surface area (Å²) in [5, 5.41) is 11.3. The van der Waals surface area contributed by atoms with Crippen molar-refractivity contribution in [2.24, 2.45) is 10.2 Å². The largest absolute Gasteiger partial charge is 0.350 e. The first-order valence-electron chi connectivity index (χ1n) is 13.3. The van der Waals surface area contributed by atoms with Crippen molar-refractivity contribution in [1.29, 1.82) is 0 Å². The van der Waals surface area contributed by atoms with Gasteiger partial charge in [0.25, 0.3) is 20.2 Å². The van der Waals surface area contributed by atoms with Crippen molar-refractivity contribution in [3.05, 3.63) is 64.6 Å². The van der Waals surface area contributed by atoms with Gasteiger partial charge in [0, 0.05) is 27.0 Å². The second-order valence-corrected chi connectivity index (χ2v) is 14.7. The summed E-state index contributed by atoms with van der Waals surface area (Å²) in [6.07, 6.45) is 2.68. The van der Waals surface area contributed by atoms with E-state index in [1.807, 2.05) is 0 Å². The highest BCUT2D eigenvalue weighted by atomic mass is 32.2. The quantitative estimate of drug-likeness (QED) is 0.0490. The van der Waals surface area contributed by atoms with Crippen LogP contribution in [0.2, 0.25) is 0 Å². The summed E-state index contributed by atoms with van der Waals surface area (Å²) in [4.78, 5) is 21.9. The molecule has 234 valence electrons. The number of hydrogen-bond donors (Lipinski definition) is 5. The van der Waals surface area contributed by atoms with E-state index >= 15 is 0 Å². The molecule has 4 N–H and O–H groups in total. The van der Waals surface area contributed by atoms with E-state index in [1.54, 1.807) is 25.1 Å². The highest BCUT2D eigenvalue weighted by Gasteiger charge is 2.22. The van der Waals surface area contributed by atoms with Gasteiger partial charge in [-0.05, 0) is 68.1 Å². The summed E-state index contributed by atoms with van der Waals surface area (Å²) in [7, 11) is -9.51. The topological polar surface area (TPSA) is 204 Å². The molecule has 0 unspecified atom stereocenters. The molecule has 0 fully saturated rings. The average Bonchev–Trinajstić information content (AvgIpc) is 2.94. The molecule has 17 heteroatoms. The molecule has 4 aromatic rings. The summed E-state index contributed by atoms with van der Waals surface area (Å²) in [6.45, 7) is 5.93. The molecule has 3 aromatic carbocycles. The van der Waals surface area contributed by atoms with Gasteiger partial charge in [0.05, 0.1) is 11.4 Å². The zero-order valence-electron chi connectivity index (χ0n) is 23.8. The van der Waals surface area contributed by atoms with Crippen molar-refractivity contribution in [3.8, 4) is 0 Å². The van der Waals surface area contributed by atoms with Gasteiger partial charge in [-0.3, -0.25) is 14.1 Å². The van der Waals surface area contributed by atoms with Crippen molar-refractivity contribution in [3.63, 3.8) is 0 Å². The van der Waals surface area contributed by atoms with Crippen molar-refractivity contribution in [2.45, 2.75) is 59.7 Å². The second kappa shape index (κ2) is 13.3. The third kappa shape index (κ3) is 8.22. The lowest BCUT2D eigenvalue weighted by Crippen LogP contribution is -2.20. The van der Waals surface area contributed by atoms with E-state index in [9.17, 15) is 30.7 Å². The zero-order valence-corrected chi connectivity index (χ0v) is 27.2. The summed E-state index contributed by atoms with van der Waals surface area (Å²) >= 11 is 6.13. The molecule has 0 saturated carbocycles. The molecule has 0 radical (unpaired) electrons. The maximum Gasteiger partial charge on any atom is 0.350 e. The summed E-state index contributed by atoms with van der Waals surface area (Å²) < 4.78 is 67.2. The van der Waals surface area contributed by atoms with Crippen molar-refractivity contribution >= 4 is 78.4 Å². The SMILES string of the molecule is CCC(S)(CC)CCSc1nc(Nc2ccc(N=Nc3cc(S(=O)(=O)O)c4cccc(S(=O)(=O)O)c4c3)c(C)c2)[nH]c(=O)n1. The number of aromatic amines is 1. The Morgan fingerprint density at radius 1 is 0.955 bits per heavy atom. The van der Waals surface area contributed by atoms with Crippen molar-refractivity contribution in [1.82, 2.24) is 15.0 Å². The third-order valence-electron chi connectivity index (χ3n) is 6.94. The van der Waals surface area contributed by atoms with E-state index in [-0.39, 0.29) is 27.2 Å². The number of azo groups is 1. The number of anilines is 2. The number of rotatable bonds is 12. The van der Waals surface area contributed by atoms with Gasteiger partial charge in [0.2, 0.25) is 5.95 Å². The first-order valence-corrected chi connectivity index (χ1v) is 17.6. The molecule has 1 heterocycles. The molecule has 44 heavy (non-hydrogen) atoms. The van der Waals surface area contributed by atoms with Crippen molar-refractivity contribution < 1.29 is 25.9 Å². The van der Waals surface area contributed by atoms with Crippen LogP contribution < -0.4 is 11.0 Å². The van der Waals surface area contributed by atoms with Gasteiger partial charge in [-0.2, -0.15) is 49.7 Å². The molecule has 0 amide bonds. The Bertz CT molecular complexity index is 2010. The van der Waals surface area contributed by atoms with Gasteiger partial charge in [-0.15, -0.1) is 0 Å². The number of thiol groups is 1. The second-order valence-electron chi connectivity index (χ2n) is 9.89. The highest BCUT2D eigenvalue weighted by molar-refractivity contribution is 7.99. The van der Waals surface area contributed by atoms with Crippen LogP contribution in [0.1, 0.15) is 38.7 Å². The van der Waals surface area contributed by atoms with Crippen LogP contribution in [-0.2, 0) is 20.2 Å². The van der Waals surface area contributed by atoms with Crippen LogP contribution in [0.4, 0.5) is 23.0 Å². The molecule has 0 aliphatic carbocycles. The molecule has 0 bridgehead atoms. The number of nitrogens with one attached hydrogen (secondary N) is 2. The van der Waals surface area contributed by atoms with E-state index in [4.69, 9.17) is 12.6 Å². The maximum absolute atomic E-state index is 12.2. The van der Waals surface area contributed by atoms with E-state index in [0.717, 1.165) is 31.4 Å². The van der Waals surface area contributed by atoms with Crippen molar-refractivity contribution in [2.75, 3.05) is 11.1 Å². The summed E-state index contributed by atoms with van der Waals surface area (Å²) in [5.41, 5.74) is 0.979. The molecular formula is C27H30N6O7S4. The Labute approximate surface area is 263 Å². The number of thioether (sulfide) groups is 1. The minimum absolute atomic E-state index is 0.0813. The predicted octanol–water partition coefficient (Wildman–Crippen LogP) is 6.25. The van der Waals surface area contributed by atoms with Gasteiger partial charge >= 0.3 is 5.69 Å². The molecule has 1 aromatic heterocycles. The van der Waals surface area contributed by atoms with Crippen LogP contribution in [-0.4, -0.2) is 51.4 Å². The minimum atomic E-state index is -4.79. The molecule has 0 saturated heterocycles. The normalized spacial score (nSPS) is 12.7. The molecule has 0 atom stereocenters. The lowest BCUT2D eigenvalue weighted by atomic mass is 9.99. The van der Waals surface area contributed by atoms with E-state index in [1.165, 1.54) is 30.0 Å².